The van der Waals surface area contributed by atoms with E-state index in [1.807, 2.05) is 0 Å². The maximum Gasteiger partial charge on any atom is 0.503 e. The number of carboxylic acid groups (broad SMARTS) is 2. The van der Waals surface area contributed by atoms with Gasteiger partial charge >= 0.3 is 6.16 Å². The summed E-state index contributed by atoms with van der Waals surface area (Å²) in [7, 11) is 0. The van der Waals surface area contributed by atoms with Crippen molar-refractivity contribution in [1.29, 1.82) is 0 Å². The molecule has 2 N–H and O–H groups in total. The largest absolute Gasteiger partial charge is 0.503 e. The van der Waals surface area contributed by atoms with Gasteiger partial charge in [-0.15, -0.1) is 0 Å². The lowest BCUT2D eigenvalue weighted by Crippen LogP contribution is -1.81. The van der Waals surface area contributed by atoms with Crippen LogP contribution in [0.2, 0.25) is 0 Å². The summed E-state index contributed by atoms with van der Waals surface area (Å²) in [6, 6.07) is 0. The Balaban J connectivity index is 0. The van der Waals surface area contributed by atoms with Crippen LogP contribution in [0.1, 0.15) is 6.92 Å². The first-order chi connectivity index (χ1) is 4.15. The van der Waals surface area contributed by atoms with Crippen molar-refractivity contribution in [2.24, 2.45) is 0 Å². The lowest BCUT2D eigenvalue weighted by atomic mass is 10.7. The summed E-state index contributed by atoms with van der Waals surface area (Å²) in [6.07, 6.45) is -0.326. The molecule has 0 heterocycles. The van der Waals surface area contributed by atoms with E-state index < -0.39 is 6.16 Å². The van der Waals surface area contributed by atoms with Crippen LogP contribution in [0.25, 0.3) is 0 Å². The highest BCUT2D eigenvalue weighted by Gasteiger charge is 1.70. The Morgan fingerprint density at radius 3 is 1.89 bits per heavy atom. The molecule has 0 bridgehead atoms. The molecule has 0 aliphatic heterocycles. The Morgan fingerprint density at radius 2 is 1.89 bits per heavy atom. The van der Waals surface area contributed by atoms with Gasteiger partial charge in [-0.2, -0.15) is 0 Å². The van der Waals surface area contributed by atoms with Gasteiger partial charge < -0.3 is 10.2 Å². The van der Waals surface area contributed by atoms with Crippen molar-refractivity contribution in [2.45, 2.75) is 6.92 Å². The number of hydrogen-bond acceptors (Lipinski definition) is 2. The fourth-order valence-corrected chi connectivity index (χ4v) is 0.0589. The van der Waals surface area contributed by atoms with Crippen molar-refractivity contribution in [3.8, 4) is 0 Å². The molecule has 0 amide bonds. The van der Waals surface area contributed by atoms with Crippen molar-refractivity contribution in [1.82, 2.24) is 0 Å². The summed E-state index contributed by atoms with van der Waals surface area (Å²) >= 11 is 0. The molecule has 50 valence electrons. The second-order valence-corrected chi connectivity index (χ2v) is 0.818. The Labute approximate surface area is 51.7 Å². The number of carbonyl (C=O) groups is 1. The predicted molar refractivity (Wildman–Crippen MR) is 30.1 cm³/mol. The summed E-state index contributed by atoms with van der Waals surface area (Å²) in [5.41, 5.74) is 2.18. The minimum absolute atomic E-state index is 1.46. The van der Waals surface area contributed by atoms with Gasteiger partial charge in [0.15, 0.2) is 5.94 Å². The van der Waals surface area contributed by atoms with Crippen molar-refractivity contribution in [2.75, 3.05) is 0 Å². The molecule has 0 aliphatic rings. The normalized spacial score (nSPS) is 5.00. The SMILES string of the molecule is CC=C=C=O.O=C(O)O. The molecule has 0 fully saturated rings. The molecule has 0 aliphatic carbocycles. The van der Waals surface area contributed by atoms with E-state index >= 15 is 0 Å². The van der Waals surface area contributed by atoms with Crippen LogP contribution in [0.4, 0.5) is 4.79 Å². The molecule has 0 rings (SSSR count). The highest BCUT2D eigenvalue weighted by atomic mass is 16.6. The van der Waals surface area contributed by atoms with Crippen LogP contribution in [-0.4, -0.2) is 22.3 Å². The second kappa shape index (κ2) is 9.71. The zero-order valence-electron chi connectivity index (χ0n) is 4.79. The van der Waals surface area contributed by atoms with Gasteiger partial charge in [-0.3, -0.25) is 0 Å². The summed E-state index contributed by atoms with van der Waals surface area (Å²) in [6.45, 7) is 1.71. The molecule has 0 saturated heterocycles. The molecule has 0 atom stereocenters. The van der Waals surface area contributed by atoms with Crippen molar-refractivity contribution < 1.29 is 19.8 Å². The highest BCUT2D eigenvalue weighted by molar-refractivity contribution is 5.53. The van der Waals surface area contributed by atoms with E-state index in [1.54, 1.807) is 6.92 Å². The van der Waals surface area contributed by atoms with E-state index in [-0.39, 0.29) is 0 Å². The van der Waals surface area contributed by atoms with E-state index in [1.165, 1.54) is 12.0 Å². The van der Waals surface area contributed by atoms with E-state index in [4.69, 9.17) is 19.8 Å². The molecular formula is C5H6O4. The third-order valence-corrected chi connectivity index (χ3v) is 0.203. The Kier molecular flexibility index (Phi) is 11.3. The standard InChI is InChI=1S/C4H4O.CH2O3/c1-2-3-4-5;2-1(3)4/h2H,1H3;(H2,2,3,4). The summed E-state index contributed by atoms with van der Waals surface area (Å²) < 4.78 is 0. The predicted octanol–water partition coefficient (Wildman–Crippen LogP) is 0.772. The first-order valence-electron chi connectivity index (χ1n) is 1.97. The first-order valence-corrected chi connectivity index (χ1v) is 1.97. The number of allylic oxidation sites excluding steroid dienone is 1. The van der Waals surface area contributed by atoms with Gasteiger partial charge in [-0.1, -0.05) is 0 Å². The molecule has 4 nitrogen and oxygen atoms in total. The highest BCUT2D eigenvalue weighted by Crippen LogP contribution is 1.45. The molecular weight excluding hydrogens is 124 g/mol. The number of hydrogen-bond donors (Lipinski definition) is 2. The summed E-state index contributed by atoms with van der Waals surface area (Å²) in [4.78, 5) is 17.7. The molecule has 0 aromatic carbocycles. The topological polar surface area (TPSA) is 74.6 Å². The molecule has 9 heavy (non-hydrogen) atoms. The lowest BCUT2D eigenvalue weighted by molar-refractivity contribution is 0.137. The van der Waals surface area contributed by atoms with Gasteiger partial charge in [0.25, 0.3) is 0 Å². The Hall–Kier alpha value is -1.50. The van der Waals surface area contributed by atoms with Crippen LogP contribution in [0.3, 0.4) is 0 Å². The third kappa shape index (κ3) is 526. The molecule has 0 spiro atoms. The fourth-order valence-electron chi connectivity index (χ4n) is 0.0589. The summed E-state index contributed by atoms with van der Waals surface area (Å²) in [5, 5.41) is 13.9. The van der Waals surface area contributed by atoms with Gasteiger partial charge in [0.2, 0.25) is 0 Å². The monoisotopic (exact) mass is 130 g/mol. The van der Waals surface area contributed by atoms with Crippen LogP contribution in [0, 0.1) is 0 Å². The zero-order valence-corrected chi connectivity index (χ0v) is 4.79. The molecule has 4 heteroatoms. The second-order valence-electron chi connectivity index (χ2n) is 0.818. The van der Waals surface area contributed by atoms with Gasteiger partial charge in [0.05, 0.1) is 0 Å². The van der Waals surface area contributed by atoms with Crippen LogP contribution in [0.5, 0.6) is 0 Å². The van der Waals surface area contributed by atoms with E-state index in [0.717, 1.165) is 0 Å². The first kappa shape index (κ1) is 10.5. The maximum absolute atomic E-state index is 9.14. The molecule has 0 unspecified atom stereocenters. The van der Waals surface area contributed by atoms with Crippen LogP contribution < -0.4 is 0 Å². The smallest absolute Gasteiger partial charge is 0.450 e. The zero-order chi connectivity index (χ0) is 7.70. The Bertz CT molecular complexity index is 144. The van der Waals surface area contributed by atoms with E-state index in [2.05, 4.69) is 5.73 Å². The molecule has 0 radical (unpaired) electrons. The van der Waals surface area contributed by atoms with Crippen molar-refractivity contribution in [3.63, 3.8) is 0 Å². The average Bonchev–Trinajstić information content (AvgIpc) is 1.66. The molecule has 0 aromatic heterocycles. The van der Waals surface area contributed by atoms with Gasteiger partial charge in [-0.25, -0.2) is 9.59 Å². The van der Waals surface area contributed by atoms with Gasteiger partial charge in [-0.05, 0) is 18.7 Å². The van der Waals surface area contributed by atoms with Gasteiger partial charge in [0, 0.05) is 0 Å². The number of rotatable bonds is 0. The Morgan fingerprint density at radius 1 is 1.56 bits per heavy atom. The van der Waals surface area contributed by atoms with Crippen LogP contribution in [-0.2, 0) is 4.79 Å². The minimum Gasteiger partial charge on any atom is -0.450 e. The average molecular weight is 130 g/mol. The summed E-state index contributed by atoms with van der Waals surface area (Å²) in [5.74, 6) is 1.46. The fraction of sp³-hybridized carbons (Fsp3) is 0.200. The van der Waals surface area contributed by atoms with E-state index in [9.17, 15) is 0 Å². The van der Waals surface area contributed by atoms with Gasteiger partial charge in [0.1, 0.15) is 0 Å². The number of carbonyl (C=O) groups excluding carboxylic acids is 1. The molecule has 0 aromatic rings. The quantitative estimate of drug-likeness (QED) is 0.375. The third-order valence-electron chi connectivity index (χ3n) is 0.203. The minimum atomic E-state index is -1.83. The van der Waals surface area contributed by atoms with E-state index in [0.29, 0.717) is 0 Å². The lowest BCUT2D eigenvalue weighted by Gasteiger charge is -1.60. The molecule has 0 saturated carbocycles. The van der Waals surface area contributed by atoms with Crippen molar-refractivity contribution >= 4 is 12.1 Å². The van der Waals surface area contributed by atoms with Crippen LogP contribution in [0.15, 0.2) is 11.8 Å². The van der Waals surface area contributed by atoms with Crippen molar-refractivity contribution in [3.05, 3.63) is 11.8 Å². The maximum atomic E-state index is 9.14. The van der Waals surface area contributed by atoms with Crippen LogP contribution >= 0.6 is 0 Å².